The smallest absolute Gasteiger partial charge is 0.378 e. The maximum Gasteiger partial charge on any atom is 0.378 e. The maximum absolute atomic E-state index is 12.0. The fourth-order valence-corrected chi connectivity index (χ4v) is 2.33. The second kappa shape index (κ2) is 6.68. The van der Waals surface area contributed by atoms with E-state index in [2.05, 4.69) is 20.4 Å². The van der Waals surface area contributed by atoms with E-state index in [1.165, 1.54) is 4.52 Å². The highest BCUT2D eigenvalue weighted by atomic mass is 16.5. The van der Waals surface area contributed by atoms with Gasteiger partial charge in [0, 0.05) is 17.6 Å². The second-order valence-electron chi connectivity index (χ2n) is 5.68. The number of fused-ring (bicyclic) bond motifs is 1. The number of rotatable bonds is 4. The first-order valence-electron chi connectivity index (χ1n) is 7.66. The van der Waals surface area contributed by atoms with Crippen LogP contribution in [0.15, 0.2) is 30.5 Å². The average Bonchev–Trinajstić information content (AvgIpc) is 3.01. The minimum Gasteiger partial charge on any atom is -0.450 e. The van der Waals surface area contributed by atoms with Crippen LogP contribution in [-0.2, 0) is 9.53 Å². The van der Waals surface area contributed by atoms with Crippen molar-refractivity contribution in [1.29, 1.82) is 0 Å². The molecule has 0 aliphatic rings. The average molecular weight is 339 g/mol. The number of ether oxygens (including phenoxy) is 1. The minimum absolute atomic E-state index is 0.138. The van der Waals surface area contributed by atoms with Crippen LogP contribution >= 0.6 is 0 Å². The highest BCUT2D eigenvalue weighted by molar-refractivity contribution is 5.95. The summed E-state index contributed by atoms with van der Waals surface area (Å²) in [6.45, 7) is 5.26. The molecule has 0 saturated carbocycles. The molecule has 0 spiro atoms. The van der Waals surface area contributed by atoms with Crippen LogP contribution in [0.25, 0.3) is 5.78 Å². The molecule has 1 aromatic carbocycles. The van der Waals surface area contributed by atoms with Gasteiger partial charge in [-0.1, -0.05) is 17.7 Å². The predicted octanol–water partition coefficient (Wildman–Crippen LogP) is 1.85. The Balaban J connectivity index is 1.63. The number of hydrogen-bond acceptors (Lipinski definition) is 6. The highest BCUT2D eigenvalue weighted by Gasteiger charge is 2.17. The number of nitrogens with one attached hydrogen (secondary N) is 1. The van der Waals surface area contributed by atoms with E-state index < -0.39 is 18.5 Å². The molecular formula is C17H17N5O3. The molecule has 2 heterocycles. The Hall–Kier alpha value is -3.29. The van der Waals surface area contributed by atoms with Crippen LogP contribution in [-0.4, -0.2) is 38.1 Å². The fourth-order valence-electron chi connectivity index (χ4n) is 2.33. The standard InChI is InChI=1S/C17H17N5O3/c1-10-4-5-13(11(2)8-10)19-14(23)9-25-16(24)15-20-17-18-7-6-12(3)22(17)21-15/h4-8H,9H2,1-3H3,(H,19,23). The lowest BCUT2D eigenvalue weighted by Gasteiger charge is -2.09. The lowest BCUT2D eigenvalue weighted by Crippen LogP contribution is -2.21. The van der Waals surface area contributed by atoms with Crippen molar-refractivity contribution in [1.82, 2.24) is 19.6 Å². The Bertz CT molecular complexity index is 964. The normalized spacial score (nSPS) is 10.7. The van der Waals surface area contributed by atoms with Gasteiger partial charge in [0.05, 0.1) is 0 Å². The third kappa shape index (κ3) is 3.63. The number of aromatic nitrogens is 4. The Labute approximate surface area is 143 Å². The lowest BCUT2D eigenvalue weighted by atomic mass is 10.1. The van der Waals surface area contributed by atoms with Crippen molar-refractivity contribution in [2.45, 2.75) is 20.8 Å². The predicted molar refractivity (Wildman–Crippen MR) is 90.3 cm³/mol. The van der Waals surface area contributed by atoms with Gasteiger partial charge in [0.2, 0.25) is 0 Å². The molecule has 128 valence electrons. The number of esters is 1. The molecule has 8 heteroatoms. The van der Waals surface area contributed by atoms with Crippen LogP contribution in [0.4, 0.5) is 5.69 Å². The molecule has 0 radical (unpaired) electrons. The Morgan fingerprint density at radius 3 is 2.72 bits per heavy atom. The molecule has 0 atom stereocenters. The van der Waals surface area contributed by atoms with Crippen molar-refractivity contribution < 1.29 is 14.3 Å². The van der Waals surface area contributed by atoms with E-state index in [1.54, 1.807) is 12.3 Å². The third-order valence-electron chi connectivity index (χ3n) is 3.60. The maximum atomic E-state index is 12.0. The number of amides is 1. The summed E-state index contributed by atoms with van der Waals surface area (Å²) in [5.74, 6) is -1.05. The number of aryl methyl sites for hydroxylation is 3. The first kappa shape index (κ1) is 16.6. The zero-order valence-electron chi connectivity index (χ0n) is 14.1. The Morgan fingerprint density at radius 2 is 2.00 bits per heavy atom. The van der Waals surface area contributed by atoms with Gasteiger partial charge in [0.25, 0.3) is 17.5 Å². The summed E-state index contributed by atoms with van der Waals surface area (Å²) in [5, 5.41) is 6.74. The van der Waals surface area contributed by atoms with E-state index in [0.29, 0.717) is 11.5 Å². The second-order valence-corrected chi connectivity index (χ2v) is 5.68. The largest absolute Gasteiger partial charge is 0.450 e. The van der Waals surface area contributed by atoms with Gasteiger partial charge < -0.3 is 10.1 Å². The van der Waals surface area contributed by atoms with Gasteiger partial charge >= 0.3 is 5.97 Å². The lowest BCUT2D eigenvalue weighted by molar-refractivity contribution is -0.119. The van der Waals surface area contributed by atoms with Crippen LogP contribution < -0.4 is 5.32 Å². The molecular weight excluding hydrogens is 322 g/mol. The van der Waals surface area contributed by atoms with Crippen molar-refractivity contribution in [2.75, 3.05) is 11.9 Å². The number of carbonyl (C=O) groups excluding carboxylic acids is 2. The van der Waals surface area contributed by atoms with E-state index in [1.807, 2.05) is 39.0 Å². The Kier molecular flexibility index (Phi) is 4.42. The summed E-state index contributed by atoms with van der Waals surface area (Å²) in [6, 6.07) is 7.40. The molecule has 0 aliphatic carbocycles. The third-order valence-corrected chi connectivity index (χ3v) is 3.60. The first-order valence-corrected chi connectivity index (χ1v) is 7.66. The topological polar surface area (TPSA) is 98.5 Å². The molecule has 1 amide bonds. The van der Waals surface area contributed by atoms with Crippen molar-refractivity contribution in [2.24, 2.45) is 0 Å². The molecule has 25 heavy (non-hydrogen) atoms. The number of carbonyl (C=O) groups is 2. The SMILES string of the molecule is Cc1ccc(NC(=O)COC(=O)c2nc3nccc(C)n3n2)c(C)c1. The summed E-state index contributed by atoms with van der Waals surface area (Å²) in [5.41, 5.74) is 3.49. The molecule has 2 aromatic heterocycles. The molecule has 0 aliphatic heterocycles. The number of anilines is 1. The van der Waals surface area contributed by atoms with Gasteiger partial charge in [-0.15, -0.1) is 5.10 Å². The molecule has 0 unspecified atom stereocenters. The molecule has 3 aromatic rings. The van der Waals surface area contributed by atoms with Gasteiger partial charge in [-0.25, -0.2) is 14.3 Å². The van der Waals surface area contributed by atoms with Crippen molar-refractivity contribution in [3.8, 4) is 0 Å². The van der Waals surface area contributed by atoms with E-state index in [9.17, 15) is 9.59 Å². The van der Waals surface area contributed by atoms with Crippen molar-refractivity contribution >= 4 is 23.3 Å². The molecule has 0 saturated heterocycles. The monoisotopic (exact) mass is 339 g/mol. The van der Waals surface area contributed by atoms with Crippen LogP contribution in [0.1, 0.15) is 27.4 Å². The van der Waals surface area contributed by atoms with Gasteiger partial charge in [-0.05, 0) is 38.5 Å². The summed E-state index contributed by atoms with van der Waals surface area (Å²) in [6.07, 6.45) is 1.58. The fraction of sp³-hybridized carbons (Fsp3) is 0.235. The molecule has 0 bridgehead atoms. The quantitative estimate of drug-likeness (QED) is 0.728. The molecule has 0 fully saturated rings. The molecule has 8 nitrogen and oxygen atoms in total. The summed E-state index contributed by atoms with van der Waals surface area (Å²) < 4.78 is 6.41. The van der Waals surface area contributed by atoms with E-state index >= 15 is 0 Å². The summed E-state index contributed by atoms with van der Waals surface area (Å²) in [7, 11) is 0. The number of hydrogen-bond donors (Lipinski definition) is 1. The van der Waals surface area contributed by atoms with E-state index in [-0.39, 0.29) is 5.82 Å². The van der Waals surface area contributed by atoms with Crippen LogP contribution in [0.2, 0.25) is 0 Å². The van der Waals surface area contributed by atoms with Gasteiger partial charge in [0.1, 0.15) is 0 Å². The van der Waals surface area contributed by atoms with Gasteiger partial charge in [-0.3, -0.25) is 4.79 Å². The minimum atomic E-state index is -0.777. The Morgan fingerprint density at radius 1 is 1.20 bits per heavy atom. The zero-order valence-corrected chi connectivity index (χ0v) is 14.1. The van der Waals surface area contributed by atoms with Gasteiger partial charge in [0.15, 0.2) is 6.61 Å². The van der Waals surface area contributed by atoms with Crippen molar-refractivity contribution in [3.63, 3.8) is 0 Å². The van der Waals surface area contributed by atoms with Crippen LogP contribution in [0.5, 0.6) is 0 Å². The molecule has 3 rings (SSSR count). The number of benzene rings is 1. The van der Waals surface area contributed by atoms with E-state index in [4.69, 9.17) is 4.74 Å². The zero-order chi connectivity index (χ0) is 18.0. The summed E-state index contributed by atoms with van der Waals surface area (Å²) in [4.78, 5) is 32.0. The van der Waals surface area contributed by atoms with E-state index in [0.717, 1.165) is 16.8 Å². The number of nitrogens with zero attached hydrogens (tertiary/aromatic N) is 4. The van der Waals surface area contributed by atoms with Crippen LogP contribution in [0, 0.1) is 20.8 Å². The first-order chi connectivity index (χ1) is 11.9. The highest BCUT2D eigenvalue weighted by Crippen LogP contribution is 2.15. The molecule has 1 N–H and O–H groups in total. The summed E-state index contributed by atoms with van der Waals surface area (Å²) >= 11 is 0. The van der Waals surface area contributed by atoms with Gasteiger partial charge in [-0.2, -0.15) is 4.98 Å². The van der Waals surface area contributed by atoms with Crippen LogP contribution in [0.3, 0.4) is 0 Å². The van der Waals surface area contributed by atoms with Crippen molar-refractivity contribution in [3.05, 3.63) is 53.1 Å².